The molecule has 3 aromatic carbocycles. The van der Waals surface area contributed by atoms with Crippen LogP contribution in [0, 0.1) is 6.92 Å². The fourth-order valence-electron chi connectivity index (χ4n) is 5.49. The average Bonchev–Trinajstić information content (AvgIpc) is 3.47. The van der Waals surface area contributed by atoms with Gasteiger partial charge in [-0.15, -0.1) is 0 Å². The summed E-state index contributed by atoms with van der Waals surface area (Å²) in [6.45, 7) is 2.48. The van der Waals surface area contributed by atoms with Gasteiger partial charge >= 0.3 is 0 Å². The van der Waals surface area contributed by atoms with Crippen molar-refractivity contribution in [1.82, 2.24) is 10.2 Å². The number of benzene rings is 3. The summed E-state index contributed by atoms with van der Waals surface area (Å²) in [5.41, 5.74) is 3.58. The number of para-hydroxylation sites is 1. The lowest BCUT2D eigenvalue weighted by molar-refractivity contribution is -0.141. The summed E-state index contributed by atoms with van der Waals surface area (Å²) < 4.78 is 26.5. The molecule has 0 saturated heterocycles. The number of sulfonamides is 1. The van der Waals surface area contributed by atoms with Crippen molar-refractivity contribution in [3.05, 3.63) is 102 Å². The molecule has 0 aliphatic heterocycles. The Morgan fingerprint density at radius 3 is 2.15 bits per heavy atom. The molecule has 218 valence electrons. The number of nitrogens with zero attached hydrogens (tertiary/aromatic N) is 2. The van der Waals surface area contributed by atoms with Gasteiger partial charge < -0.3 is 10.2 Å². The van der Waals surface area contributed by atoms with Gasteiger partial charge in [0.15, 0.2) is 0 Å². The predicted octanol–water partition coefficient (Wildman–Crippen LogP) is 5.24. The fraction of sp³-hybridized carbons (Fsp3) is 0.394. The van der Waals surface area contributed by atoms with Gasteiger partial charge in [-0.3, -0.25) is 13.9 Å². The third-order valence-corrected chi connectivity index (χ3v) is 8.97. The third kappa shape index (κ3) is 8.67. The Balaban J connectivity index is 1.59. The van der Waals surface area contributed by atoms with Crippen molar-refractivity contribution in [2.75, 3.05) is 17.1 Å². The van der Waals surface area contributed by atoms with Crippen LogP contribution in [0.1, 0.15) is 55.2 Å². The molecule has 0 unspecified atom stereocenters. The van der Waals surface area contributed by atoms with Gasteiger partial charge in [-0.05, 0) is 55.0 Å². The molecule has 7 nitrogen and oxygen atoms in total. The second kappa shape index (κ2) is 14.3. The van der Waals surface area contributed by atoms with Crippen LogP contribution in [0.4, 0.5) is 5.69 Å². The molecule has 0 heterocycles. The molecule has 0 radical (unpaired) electrons. The highest BCUT2D eigenvalue weighted by Gasteiger charge is 2.32. The molecule has 1 atom stereocenters. The minimum Gasteiger partial charge on any atom is -0.352 e. The van der Waals surface area contributed by atoms with Gasteiger partial charge in [0.05, 0.1) is 11.9 Å². The minimum atomic E-state index is -3.53. The third-order valence-electron chi connectivity index (χ3n) is 7.77. The zero-order valence-corrected chi connectivity index (χ0v) is 24.9. The van der Waals surface area contributed by atoms with Crippen LogP contribution in [-0.2, 0) is 32.6 Å². The molecule has 4 rings (SSSR count). The van der Waals surface area contributed by atoms with E-state index in [-0.39, 0.29) is 30.8 Å². The molecule has 1 fully saturated rings. The van der Waals surface area contributed by atoms with Crippen LogP contribution in [0.2, 0.25) is 0 Å². The number of hydrogen-bond acceptors (Lipinski definition) is 4. The van der Waals surface area contributed by atoms with Crippen molar-refractivity contribution >= 4 is 27.5 Å². The van der Waals surface area contributed by atoms with E-state index in [4.69, 9.17) is 0 Å². The normalized spacial score (nSPS) is 14.4. The van der Waals surface area contributed by atoms with Crippen molar-refractivity contribution in [3.63, 3.8) is 0 Å². The standard InChI is InChI=1S/C33H41N3O4S/c1-26-14-9-10-17-28(26)25-35(32(37)22-13-23-36(41(2,39)40)30-20-7-4-8-21-30)31(24-27-15-5-3-6-16-27)33(38)34-29-18-11-12-19-29/h3-10,14-17,20-21,29,31H,11-13,18-19,22-25H2,1-2H3,(H,34,38)/t31-/m1/s1. The van der Waals surface area contributed by atoms with Gasteiger partial charge in [0, 0.05) is 32.0 Å². The van der Waals surface area contributed by atoms with Crippen molar-refractivity contribution in [2.45, 2.75) is 70.5 Å². The maximum atomic E-state index is 14.0. The van der Waals surface area contributed by atoms with Gasteiger partial charge in [0.1, 0.15) is 6.04 Å². The molecule has 1 saturated carbocycles. The molecule has 8 heteroatoms. The topological polar surface area (TPSA) is 86.8 Å². The summed E-state index contributed by atoms with van der Waals surface area (Å²) in [5, 5.41) is 3.23. The van der Waals surface area contributed by atoms with E-state index in [0.29, 0.717) is 25.1 Å². The molecule has 0 bridgehead atoms. The van der Waals surface area contributed by atoms with Crippen LogP contribution in [0.3, 0.4) is 0 Å². The fourth-order valence-corrected chi connectivity index (χ4v) is 6.46. The van der Waals surface area contributed by atoms with E-state index >= 15 is 0 Å². The van der Waals surface area contributed by atoms with E-state index in [1.807, 2.05) is 67.6 Å². The quantitative estimate of drug-likeness (QED) is 0.302. The lowest BCUT2D eigenvalue weighted by Crippen LogP contribution is -2.52. The van der Waals surface area contributed by atoms with Crippen LogP contribution >= 0.6 is 0 Å². The second-order valence-electron chi connectivity index (χ2n) is 10.9. The highest BCUT2D eigenvalue weighted by molar-refractivity contribution is 7.92. The molecule has 1 aliphatic rings. The zero-order valence-electron chi connectivity index (χ0n) is 24.0. The Hall–Kier alpha value is -3.65. The second-order valence-corrected chi connectivity index (χ2v) is 12.8. The molecule has 0 spiro atoms. The van der Waals surface area contributed by atoms with Crippen molar-refractivity contribution < 1.29 is 18.0 Å². The van der Waals surface area contributed by atoms with Gasteiger partial charge in [0.25, 0.3) is 0 Å². The molecule has 0 aromatic heterocycles. The Kier molecular flexibility index (Phi) is 10.6. The summed E-state index contributed by atoms with van der Waals surface area (Å²) in [5.74, 6) is -0.304. The van der Waals surface area contributed by atoms with Crippen LogP contribution in [0.5, 0.6) is 0 Å². The van der Waals surface area contributed by atoms with E-state index in [1.165, 1.54) is 10.6 Å². The Labute approximate surface area is 244 Å². The minimum absolute atomic E-state index is 0.118. The van der Waals surface area contributed by atoms with Gasteiger partial charge in [-0.1, -0.05) is 85.6 Å². The summed E-state index contributed by atoms with van der Waals surface area (Å²) >= 11 is 0. The van der Waals surface area contributed by atoms with Crippen LogP contribution in [0.15, 0.2) is 84.9 Å². The highest BCUT2D eigenvalue weighted by atomic mass is 32.2. The monoisotopic (exact) mass is 575 g/mol. The van der Waals surface area contributed by atoms with Crippen LogP contribution in [-0.4, -0.2) is 50.0 Å². The van der Waals surface area contributed by atoms with Crippen LogP contribution in [0.25, 0.3) is 0 Å². The molecule has 1 N–H and O–H groups in total. The summed E-state index contributed by atoms with van der Waals surface area (Å²) in [6, 6.07) is 26.0. The number of aryl methyl sites for hydroxylation is 1. The van der Waals surface area contributed by atoms with Crippen molar-refractivity contribution in [2.24, 2.45) is 0 Å². The smallest absolute Gasteiger partial charge is 0.243 e. The van der Waals surface area contributed by atoms with Crippen LogP contribution < -0.4 is 9.62 Å². The van der Waals surface area contributed by atoms with E-state index < -0.39 is 16.1 Å². The summed E-state index contributed by atoms with van der Waals surface area (Å²) in [4.78, 5) is 29.5. The number of carbonyl (C=O) groups is 2. The molecular formula is C33H41N3O4S. The Morgan fingerprint density at radius 1 is 0.902 bits per heavy atom. The number of anilines is 1. The Bertz CT molecular complexity index is 1390. The number of hydrogen-bond donors (Lipinski definition) is 1. The molecule has 2 amide bonds. The van der Waals surface area contributed by atoms with Crippen molar-refractivity contribution in [1.29, 1.82) is 0 Å². The van der Waals surface area contributed by atoms with E-state index in [0.717, 1.165) is 42.4 Å². The Morgan fingerprint density at radius 2 is 1.51 bits per heavy atom. The summed E-state index contributed by atoms with van der Waals surface area (Å²) in [6.07, 6.45) is 6.12. The maximum absolute atomic E-state index is 14.0. The molecule has 41 heavy (non-hydrogen) atoms. The lowest BCUT2D eigenvalue weighted by Gasteiger charge is -2.33. The molecule has 3 aromatic rings. The first kappa shape index (κ1) is 30.3. The van der Waals surface area contributed by atoms with E-state index in [2.05, 4.69) is 5.32 Å². The maximum Gasteiger partial charge on any atom is 0.243 e. The predicted molar refractivity (Wildman–Crippen MR) is 164 cm³/mol. The first-order valence-electron chi connectivity index (χ1n) is 14.4. The van der Waals surface area contributed by atoms with Gasteiger partial charge in [0.2, 0.25) is 21.8 Å². The molecular weight excluding hydrogens is 534 g/mol. The van der Waals surface area contributed by atoms with Crippen molar-refractivity contribution in [3.8, 4) is 0 Å². The van der Waals surface area contributed by atoms with E-state index in [1.54, 1.807) is 29.2 Å². The largest absolute Gasteiger partial charge is 0.352 e. The van der Waals surface area contributed by atoms with E-state index in [9.17, 15) is 18.0 Å². The lowest BCUT2D eigenvalue weighted by atomic mass is 10.0. The number of amides is 2. The number of rotatable bonds is 13. The SMILES string of the molecule is Cc1ccccc1CN(C(=O)CCCN(c1ccccc1)S(C)(=O)=O)[C@H](Cc1ccccc1)C(=O)NC1CCCC1. The zero-order chi connectivity index (χ0) is 29.2. The first-order valence-corrected chi connectivity index (χ1v) is 16.3. The first-order chi connectivity index (χ1) is 19.7. The number of nitrogens with one attached hydrogen (secondary N) is 1. The molecule has 1 aliphatic carbocycles. The highest BCUT2D eigenvalue weighted by Crippen LogP contribution is 2.22. The number of carbonyl (C=O) groups excluding carboxylic acids is 2. The van der Waals surface area contributed by atoms with Gasteiger partial charge in [-0.25, -0.2) is 8.42 Å². The van der Waals surface area contributed by atoms with Gasteiger partial charge in [-0.2, -0.15) is 0 Å². The summed E-state index contributed by atoms with van der Waals surface area (Å²) in [7, 11) is -3.53. The average molecular weight is 576 g/mol.